The molecule has 2 aromatic rings. The average molecular weight is 301 g/mol. The lowest BCUT2D eigenvalue weighted by atomic mass is 10.2. The van der Waals surface area contributed by atoms with Crippen molar-refractivity contribution in [2.24, 2.45) is 0 Å². The predicted molar refractivity (Wildman–Crippen MR) is 74.8 cm³/mol. The van der Waals surface area contributed by atoms with Crippen LogP contribution in [0, 0.1) is 23.0 Å². The van der Waals surface area contributed by atoms with Crippen LogP contribution in [-0.4, -0.2) is 11.8 Å². The maximum Gasteiger partial charge on any atom is 0.314 e. The number of carbonyl (C=O) groups excluding carboxylic acids is 2. The molecule has 2 N–H and O–H groups in total. The number of rotatable bonds is 2. The Kier molecular flexibility index (Phi) is 4.44. The van der Waals surface area contributed by atoms with Crippen LogP contribution in [0.5, 0.6) is 0 Å². The first-order valence-electron chi connectivity index (χ1n) is 6.07. The number of amides is 2. The number of carbonyl (C=O) groups is 2. The van der Waals surface area contributed by atoms with E-state index in [9.17, 15) is 18.4 Å². The zero-order valence-corrected chi connectivity index (χ0v) is 11.1. The standard InChI is InChI=1S/C15H9F2N3O2/c16-12-5-4-11(7-13(12)17)20-15(22)14(21)19-10-3-1-2-9(6-10)8-18/h1-7H,(H,19,21)(H,20,22). The molecule has 110 valence electrons. The van der Waals surface area contributed by atoms with Gasteiger partial charge in [-0.3, -0.25) is 9.59 Å². The first kappa shape index (κ1) is 15.1. The molecule has 0 aromatic heterocycles. The highest BCUT2D eigenvalue weighted by molar-refractivity contribution is 6.43. The van der Waals surface area contributed by atoms with Gasteiger partial charge in [-0.05, 0) is 30.3 Å². The van der Waals surface area contributed by atoms with E-state index in [1.165, 1.54) is 18.2 Å². The van der Waals surface area contributed by atoms with Crippen molar-refractivity contribution in [3.63, 3.8) is 0 Å². The van der Waals surface area contributed by atoms with Crippen molar-refractivity contribution in [1.82, 2.24) is 0 Å². The largest absolute Gasteiger partial charge is 0.318 e. The molecule has 0 aliphatic rings. The number of halogens is 2. The molecule has 0 heterocycles. The summed E-state index contributed by atoms with van der Waals surface area (Å²) in [5, 5.41) is 13.2. The Hall–Kier alpha value is -3.27. The van der Waals surface area contributed by atoms with E-state index in [-0.39, 0.29) is 11.4 Å². The summed E-state index contributed by atoms with van der Waals surface area (Å²) in [6.07, 6.45) is 0. The zero-order valence-electron chi connectivity index (χ0n) is 11.1. The number of benzene rings is 2. The molecule has 0 spiro atoms. The summed E-state index contributed by atoms with van der Waals surface area (Å²) in [5.41, 5.74) is 0.535. The minimum Gasteiger partial charge on any atom is -0.318 e. The molecule has 0 aliphatic carbocycles. The summed E-state index contributed by atoms with van der Waals surface area (Å²) in [7, 11) is 0. The zero-order chi connectivity index (χ0) is 16.1. The van der Waals surface area contributed by atoms with Crippen LogP contribution in [0.15, 0.2) is 42.5 Å². The molecule has 2 rings (SSSR count). The summed E-state index contributed by atoms with van der Waals surface area (Å²) < 4.78 is 25.8. The Morgan fingerprint density at radius 1 is 0.909 bits per heavy atom. The highest BCUT2D eigenvalue weighted by atomic mass is 19.2. The van der Waals surface area contributed by atoms with Crippen LogP contribution >= 0.6 is 0 Å². The minimum atomic E-state index is -1.14. The Morgan fingerprint density at radius 3 is 2.14 bits per heavy atom. The molecule has 22 heavy (non-hydrogen) atoms. The first-order valence-corrected chi connectivity index (χ1v) is 6.07. The lowest BCUT2D eigenvalue weighted by molar-refractivity contribution is -0.133. The van der Waals surface area contributed by atoms with Crippen molar-refractivity contribution in [2.75, 3.05) is 10.6 Å². The van der Waals surface area contributed by atoms with Crippen molar-refractivity contribution >= 4 is 23.2 Å². The van der Waals surface area contributed by atoms with E-state index in [0.29, 0.717) is 5.56 Å². The van der Waals surface area contributed by atoms with Crippen LogP contribution in [0.1, 0.15) is 5.56 Å². The van der Waals surface area contributed by atoms with E-state index in [2.05, 4.69) is 10.6 Å². The SMILES string of the molecule is N#Cc1cccc(NC(=O)C(=O)Nc2ccc(F)c(F)c2)c1. The molecule has 0 atom stereocenters. The molecule has 0 unspecified atom stereocenters. The monoisotopic (exact) mass is 301 g/mol. The van der Waals surface area contributed by atoms with E-state index in [4.69, 9.17) is 5.26 Å². The van der Waals surface area contributed by atoms with Crippen molar-refractivity contribution in [3.8, 4) is 6.07 Å². The third kappa shape index (κ3) is 3.64. The molecular weight excluding hydrogens is 292 g/mol. The molecule has 0 aliphatic heterocycles. The van der Waals surface area contributed by atoms with E-state index in [1.807, 2.05) is 6.07 Å². The number of hydrogen-bond acceptors (Lipinski definition) is 3. The number of nitrogens with zero attached hydrogens (tertiary/aromatic N) is 1. The van der Waals surface area contributed by atoms with Crippen LogP contribution in [0.2, 0.25) is 0 Å². The highest BCUT2D eigenvalue weighted by Gasteiger charge is 2.15. The van der Waals surface area contributed by atoms with Crippen molar-refractivity contribution in [2.45, 2.75) is 0 Å². The normalized spacial score (nSPS) is 9.68. The van der Waals surface area contributed by atoms with E-state index >= 15 is 0 Å². The van der Waals surface area contributed by atoms with Gasteiger partial charge in [-0.1, -0.05) is 6.07 Å². The number of hydrogen-bond donors (Lipinski definition) is 2. The Bertz CT molecular complexity index is 785. The van der Waals surface area contributed by atoms with Crippen LogP contribution in [0.25, 0.3) is 0 Å². The first-order chi connectivity index (χ1) is 10.5. The van der Waals surface area contributed by atoms with E-state index in [1.54, 1.807) is 6.07 Å². The van der Waals surface area contributed by atoms with Gasteiger partial charge in [-0.2, -0.15) is 5.26 Å². The van der Waals surface area contributed by atoms with Crippen LogP contribution in [0.3, 0.4) is 0 Å². The van der Waals surface area contributed by atoms with Crippen molar-refractivity contribution in [1.29, 1.82) is 5.26 Å². The van der Waals surface area contributed by atoms with E-state index < -0.39 is 23.4 Å². The van der Waals surface area contributed by atoms with Gasteiger partial charge < -0.3 is 10.6 Å². The summed E-state index contributed by atoms with van der Waals surface area (Å²) in [5.74, 6) is -4.25. The van der Waals surface area contributed by atoms with Crippen LogP contribution in [-0.2, 0) is 9.59 Å². The number of anilines is 2. The molecule has 0 fully saturated rings. The maximum absolute atomic E-state index is 13.0. The Labute approximate surface area is 124 Å². The fourth-order valence-electron chi connectivity index (χ4n) is 1.62. The topological polar surface area (TPSA) is 82.0 Å². The fraction of sp³-hybridized carbons (Fsp3) is 0. The van der Waals surface area contributed by atoms with Crippen LogP contribution < -0.4 is 10.6 Å². The second-order valence-electron chi connectivity index (χ2n) is 4.23. The molecule has 5 nitrogen and oxygen atoms in total. The fourth-order valence-corrected chi connectivity index (χ4v) is 1.62. The van der Waals surface area contributed by atoms with E-state index in [0.717, 1.165) is 18.2 Å². The predicted octanol–water partition coefficient (Wildman–Crippen LogP) is 2.41. The van der Waals surface area contributed by atoms with Gasteiger partial charge in [0.25, 0.3) is 0 Å². The van der Waals surface area contributed by atoms with Crippen molar-refractivity contribution in [3.05, 3.63) is 59.7 Å². The van der Waals surface area contributed by atoms with Gasteiger partial charge in [0.15, 0.2) is 11.6 Å². The lowest BCUT2D eigenvalue weighted by Gasteiger charge is -2.07. The molecule has 2 amide bonds. The van der Waals surface area contributed by atoms with Gasteiger partial charge in [0.2, 0.25) is 0 Å². The second-order valence-corrected chi connectivity index (χ2v) is 4.23. The average Bonchev–Trinajstić information content (AvgIpc) is 2.51. The van der Waals surface area contributed by atoms with Gasteiger partial charge in [0.05, 0.1) is 11.6 Å². The van der Waals surface area contributed by atoms with Gasteiger partial charge in [0.1, 0.15) is 0 Å². The maximum atomic E-state index is 13.0. The summed E-state index contributed by atoms with van der Waals surface area (Å²) >= 11 is 0. The quantitative estimate of drug-likeness (QED) is 0.836. The molecule has 2 aromatic carbocycles. The lowest BCUT2D eigenvalue weighted by Crippen LogP contribution is -2.29. The smallest absolute Gasteiger partial charge is 0.314 e. The van der Waals surface area contributed by atoms with Gasteiger partial charge in [0, 0.05) is 17.4 Å². The van der Waals surface area contributed by atoms with Crippen molar-refractivity contribution < 1.29 is 18.4 Å². The molecular formula is C15H9F2N3O2. The third-order valence-electron chi connectivity index (χ3n) is 2.63. The van der Waals surface area contributed by atoms with Gasteiger partial charge in [-0.25, -0.2) is 8.78 Å². The van der Waals surface area contributed by atoms with Crippen LogP contribution in [0.4, 0.5) is 20.2 Å². The molecule has 0 bridgehead atoms. The summed E-state index contributed by atoms with van der Waals surface area (Å²) in [4.78, 5) is 23.4. The van der Waals surface area contributed by atoms with Gasteiger partial charge in [-0.15, -0.1) is 0 Å². The summed E-state index contributed by atoms with van der Waals surface area (Å²) in [6.45, 7) is 0. The number of nitriles is 1. The third-order valence-corrected chi connectivity index (χ3v) is 2.63. The Morgan fingerprint density at radius 2 is 1.55 bits per heavy atom. The summed E-state index contributed by atoms with van der Waals surface area (Å²) in [6, 6.07) is 10.6. The molecule has 7 heteroatoms. The number of nitrogens with one attached hydrogen (secondary N) is 2. The molecule has 0 saturated heterocycles. The molecule has 0 saturated carbocycles. The highest BCUT2D eigenvalue weighted by Crippen LogP contribution is 2.13. The van der Waals surface area contributed by atoms with Gasteiger partial charge >= 0.3 is 11.8 Å². The minimum absolute atomic E-state index is 0.0511. The Balaban J connectivity index is 2.04. The molecule has 0 radical (unpaired) electrons. The second kappa shape index (κ2) is 6.45.